The number of nitrogens with one attached hydrogen (secondary N) is 1. The highest BCUT2D eigenvalue weighted by Crippen LogP contribution is 2.21. The van der Waals surface area contributed by atoms with Gasteiger partial charge in [0.1, 0.15) is 11.0 Å². The van der Waals surface area contributed by atoms with Gasteiger partial charge in [0.2, 0.25) is 0 Å². The minimum Gasteiger partial charge on any atom is -0.440 e. The Morgan fingerprint density at radius 1 is 1.00 bits per heavy atom. The standard InChI is InChI=1S/C22H23N3O4S/c26-21-19-8-4-9-20(30(28)25-13-5-11-23-12-15-25)18(19)10-14-24(21)16-29-22(27)17-6-2-1-3-7-17/h1-4,6-10,14,23H,5,11-13,15-16H2. The van der Waals surface area contributed by atoms with Gasteiger partial charge in [-0.1, -0.05) is 24.3 Å². The summed E-state index contributed by atoms with van der Waals surface area (Å²) in [4.78, 5) is 25.7. The van der Waals surface area contributed by atoms with Gasteiger partial charge in [-0.3, -0.25) is 9.36 Å². The molecular formula is C22H23N3O4S. The lowest BCUT2D eigenvalue weighted by molar-refractivity contribution is 0.0367. The van der Waals surface area contributed by atoms with Crippen molar-refractivity contribution in [2.45, 2.75) is 18.0 Å². The number of rotatable bonds is 5. The maximum Gasteiger partial charge on any atom is 0.339 e. The Bertz CT molecular complexity index is 1120. The van der Waals surface area contributed by atoms with Crippen molar-refractivity contribution >= 4 is 27.7 Å². The highest BCUT2D eigenvalue weighted by Gasteiger charge is 2.19. The van der Waals surface area contributed by atoms with Gasteiger partial charge >= 0.3 is 5.97 Å². The molecule has 30 heavy (non-hydrogen) atoms. The van der Waals surface area contributed by atoms with E-state index >= 15 is 0 Å². The predicted molar refractivity (Wildman–Crippen MR) is 116 cm³/mol. The number of nitrogens with zero attached hydrogens (tertiary/aromatic N) is 2. The summed E-state index contributed by atoms with van der Waals surface area (Å²) in [5, 5.41) is 4.41. The zero-order valence-electron chi connectivity index (χ0n) is 16.5. The number of carbonyl (C=O) groups is 1. The van der Waals surface area contributed by atoms with Crippen molar-refractivity contribution in [2.75, 3.05) is 26.2 Å². The van der Waals surface area contributed by atoms with Crippen molar-refractivity contribution in [3.63, 3.8) is 0 Å². The van der Waals surface area contributed by atoms with Crippen LogP contribution in [0.15, 0.2) is 70.5 Å². The summed E-state index contributed by atoms with van der Waals surface area (Å²) in [5.41, 5.74) is 0.140. The summed E-state index contributed by atoms with van der Waals surface area (Å²) in [6.45, 7) is 2.94. The summed E-state index contributed by atoms with van der Waals surface area (Å²) in [6.07, 6.45) is 2.50. The number of esters is 1. The van der Waals surface area contributed by atoms with Gasteiger partial charge in [0.15, 0.2) is 6.73 Å². The van der Waals surface area contributed by atoms with Crippen LogP contribution in [-0.2, 0) is 22.5 Å². The molecule has 1 N–H and O–H groups in total. The fourth-order valence-electron chi connectivity index (χ4n) is 3.45. The van der Waals surface area contributed by atoms with E-state index in [1.54, 1.807) is 54.7 Å². The molecule has 1 fully saturated rings. The van der Waals surface area contributed by atoms with Crippen molar-refractivity contribution in [3.05, 3.63) is 76.7 Å². The second-order valence-corrected chi connectivity index (χ2v) is 8.47. The van der Waals surface area contributed by atoms with Crippen LogP contribution in [0.25, 0.3) is 10.8 Å². The molecule has 0 amide bonds. The quantitative estimate of drug-likeness (QED) is 0.634. The lowest BCUT2D eigenvalue weighted by atomic mass is 10.2. The van der Waals surface area contributed by atoms with Crippen LogP contribution in [-0.4, -0.2) is 45.2 Å². The first kappa shape index (κ1) is 20.5. The van der Waals surface area contributed by atoms with Gasteiger partial charge in [-0.15, -0.1) is 0 Å². The minimum absolute atomic E-state index is 0.187. The van der Waals surface area contributed by atoms with E-state index in [0.29, 0.717) is 27.8 Å². The molecule has 1 saturated heterocycles. The van der Waals surface area contributed by atoms with E-state index in [0.717, 1.165) is 26.1 Å². The van der Waals surface area contributed by atoms with Crippen LogP contribution in [0.2, 0.25) is 0 Å². The molecule has 7 nitrogen and oxygen atoms in total. The van der Waals surface area contributed by atoms with E-state index in [1.807, 2.05) is 10.4 Å². The molecule has 1 aromatic heterocycles. The molecule has 0 radical (unpaired) electrons. The van der Waals surface area contributed by atoms with Crippen molar-refractivity contribution < 1.29 is 13.7 Å². The van der Waals surface area contributed by atoms with Crippen LogP contribution in [0.1, 0.15) is 16.8 Å². The Kier molecular flexibility index (Phi) is 6.37. The van der Waals surface area contributed by atoms with Crippen molar-refractivity contribution in [2.24, 2.45) is 0 Å². The Morgan fingerprint density at radius 3 is 2.67 bits per heavy atom. The first-order valence-corrected chi connectivity index (χ1v) is 11.0. The third-order valence-corrected chi connectivity index (χ3v) is 6.61. The molecule has 2 aromatic carbocycles. The summed E-state index contributed by atoms with van der Waals surface area (Å²) >= 11 is 0. The van der Waals surface area contributed by atoms with E-state index in [2.05, 4.69) is 5.32 Å². The molecule has 1 unspecified atom stereocenters. The molecule has 1 aliphatic heterocycles. The highest BCUT2D eigenvalue weighted by molar-refractivity contribution is 7.83. The predicted octanol–water partition coefficient (Wildman–Crippen LogP) is 2.13. The molecule has 0 saturated carbocycles. The summed E-state index contributed by atoms with van der Waals surface area (Å²) in [5.74, 6) is -0.493. The first-order chi connectivity index (χ1) is 14.6. The molecule has 4 rings (SSSR count). The van der Waals surface area contributed by atoms with E-state index in [-0.39, 0.29) is 12.3 Å². The van der Waals surface area contributed by atoms with Crippen LogP contribution in [0, 0.1) is 0 Å². The van der Waals surface area contributed by atoms with Gasteiger partial charge in [0.05, 0.1) is 10.5 Å². The number of ether oxygens (including phenoxy) is 1. The van der Waals surface area contributed by atoms with Gasteiger partial charge in [-0.05, 0) is 43.3 Å². The fourth-order valence-corrected chi connectivity index (χ4v) is 4.85. The van der Waals surface area contributed by atoms with Gasteiger partial charge in [0.25, 0.3) is 5.56 Å². The molecule has 0 spiro atoms. The molecule has 1 aliphatic rings. The molecule has 3 aromatic rings. The van der Waals surface area contributed by atoms with Gasteiger partial charge < -0.3 is 10.1 Å². The topological polar surface area (TPSA) is 80.6 Å². The van der Waals surface area contributed by atoms with Gasteiger partial charge in [-0.2, -0.15) is 0 Å². The monoisotopic (exact) mass is 425 g/mol. The van der Waals surface area contributed by atoms with Crippen LogP contribution in [0.5, 0.6) is 0 Å². The number of hydrogen-bond acceptors (Lipinski definition) is 5. The van der Waals surface area contributed by atoms with E-state index in [1.165, 1.54) is 4.57 Å². The summed E-state index contributed by atoms with van der Waals surface area (Å²) < 4.78 is 21.7. The number of hydrogen-bond donors (Lipinski definition) is 1. The van der Waals surface area contributed by atoms with E-state index < -0.39 is 17.0 Å². The van der Waals surface area contributed by atoms with Gasteiger partial charge in [0, 0.05) is 36.6 Å². The highest BCUT2D eigenvalue weighted by atomic mass is 32.2. The zero-order chi connectivity index (χ0) is 20.9. The number of fused-ring (bicyclic) bond motifs is 1. The maximum atomic E-state index is 13.2. The molecule has 156 valence electrons. The maximum absolute atomic E-state index is 13.2. The Hall–Kier alpha value is -2.81. The van der Waals surface area contributed by atoms with Crippen LogP contribution < -0.4 is 10.9 Å². The number of pyridine rings is 1. The molecular weight excluding hydrogens is 402 g/mol. The van der Waals surface area contributed by atoms with Gasteiger partial charge in [-0.25, -0.2) is 13.3 Å². The largest absolute Gasteiger partial charge is 0.440 e. The molecule has 8 heteroatoms. The van der Waals surface area contributed by atoms with Crippen molar-refractivity contribution in [3.8, 4) is 0 Å². The molecule has 0 bridgehead atoms. The lowest BCUT2D eigenvalue weighted by Gasteiger charge is -2.19. The molecule has 2 heterocycles. The Morgan fingerprint density at radius 2 is 1.83 bits per heavy atom. The number of aromatic nitrogens is 1. The fraction of sp³-hybridized carbons (Fsp3) is 0.273. The number of benzene rings is 2. The van der Waals surface area contributed by atoms with E-state index in [9.17, 15) is 13.8 Å². The SMILES string of the molecule is O=C(OCn1ccc2c(S(=O)N3CCCNCC3)cccc2c1=O)c1ccccc1. The van der Waals surface area contributed by atoms with Crippen LogP contribution in [0.3, 0.4) is 0 Å². The minimum atomic E-state index is -1.35. The number of carbonyl (C=O) groups excluding carboxylic acids is 1. The average molecular weight is 426 g/mol. The Labute approximate surface area is 176 Å². The first-order valence-electron chi connectivity index (χ1n) is 9.87. The molecule has 1 atom stereocenters. The van der Waals surface area contributed by atoms with Crippen molar-refractivity contribution in [1.82, 2.24) is 14.2 Å². The third-order valence-electron chi connectivity index (χ3n) is 5.04. The van der Waals surface area contributed by atoms with E-state index in [4.69, 9.17) is 4.74 Å². The second kappa shape index (κ2) is 9.34. The van der Waals surface area contributed by atoms with Crippen LogP contribution in [0.4, 0.5) is 0 Å². The summed E-state index contributed by atoms with van der Waals surface area (Å²) in [7, 11) is -1.35. The normalized spacial score (nSPS) is 16.1. The average Bonchev–Trinajstić information content (AvgIpc) is 3.08. The third kappa shape index (κ3) is 4.35. The smallest absolute Gasteiger partial charge is 0.339 e. The van der Waals surface area contributed by atoms with Crippen LogP contribution >= 0.6 is 0 Å². The van der Waals surface area contributed by atoms with Crippen molar-refractivity contribution in [1.29, 1.82) is 0 Å². The second-order valence-electron chi connectivity index (χ2n) is 7.02. The lowest BCUT2D eigenvalue weighted by Crippen LogP contribution is -2.30. The summed E-state index contributed by atoms with van der Waals surface area (Å²) in [6, 6.07) is 15.6. The Balaban J connectivity index is 1.58. The molecule has 0 aliphatic carbocycles. The zero-order valence-corrected chi connectivity index (χ0v) is 17.3.